The number of rotatable bonds is 2. The molecule has 0 saturated heterocycles. The quantitative estimate of drug-likeness (QED) is 0.733. The Hall–Kier alpha value is -1.63. The maximum atomic E-state index is 4.54. The third-order valence-corrected chi connectivity index (χ3v) is 2.91. The minimum atomic E-state index is 1.06. The van der Waals surface area contributed by atoms with Gasteiger partial charge in [-0.05, 0) is 49.6 Å². The summed E-state index contributed by atoms with van der Waals surface area (Å²) in [6, 6.07) is 12.7. The van der Waals surface area contributed by atoms with Crippen LogP contribution in [-0.2, 0) is 6.42 Å². The molecular weight excluding hydrogens is 194 g/mol. The molecule has 2 aromatic rings. The number of hydrogen-bond donors (Lipinski definition) is 0. The SMILES string of the molecule is CCc1ccc(-c2cccc(C)n2)cc1C. The van der Waals surface area contributed by atoms with E-state index >= 15 is 0 Å². The summed E-state index contributed by atoms with van der Waals surface area (Å²) >= 11 is 0. The maximum absolute atomic E-state index is 4.54. The summed E-state index contributed by atoms with van der Waals surface area (Å²) in [6.07, 6.45) is 1.09. The van der Waals surface area contributed by atoms with Crippen LogP contribution in [0.2, 0.25) is 0 Å². The van der Waals surface area contributed by atoms with Crippen LogP contribution in [0.4, 0.5) is 0 Å². The number of aryl methyl sites for hydroxylation is 3. The molecule has 0 bridgehead atoms. The minimum absolute atomic E-state index is 1.06. The molecule has 0 aliphatic rings. The lowest BCUT2D eigenvalue weighted by molar-refractivity contribution is 1.11. The second kappa shape index (κ2) is 4.48. The fourth-order valence-corrected chi connectivity index (χ4v) is 1.96. The topological polar surface area (TPSA) is 12.9 Å². The molecule has 0 unspecified atom stereocenters. The Morgan fingerprint density at radius 3 is 2.50 bits per heavy atom. The molecule has 0 spiro atoms. The lowest BCUT2D eigenvalue weighted by atomic mass is 10.0. The predicted octanol–water partition coefficient (Wildman–Crippen LogP) is 3.93. The maximum Gasteiger partial charge on any atom is 0.0705 e. The van der Waals surface area contributed by atoms with Gasteiger partial charge in [-0.15, -0.1) is 0 Å². The van der Waals surface area contributed by atoms with Gasteiger partial charge in [-0.25, -0.2) is 0 Å². The smallest absolute Gasteiger partial charge is 0.0705 e. The van der Waals surface area contributed by atoms with E-state index in [0.29, 0.717) is 0 Å². The van der Waals surface area contributed by atoms with Gasteiger partial charge in [0.2, 0.25) is 0 Å². The highest BCUT2D eigenvalue weighted by molar-refractivity contribution is 5.61. The first-order valence-electron chi connectivity index (χ1n) is 5.74. The molecule has 0 amide bonds. The molecule has 2 rings (SSSR count). The molecule has 82 valence electrons. The van der Waals surface area contributed by atoms with Gasteiger partial charge < -0.3 is 0 Å². The zero-order valence-corrected chi connectivity index (χ0v) is 10.1. The second-order valence-electron chi connectivity index (χ2n) is 4.16. The van der Waals surface area contributed by atoms with E-state index < -0.39 is 0 Å². The van der Waals surface area contributed by atoms with Gasteiger partial charge in [-0.3, -0.25) is 4.98 Å². The van der Waals surface area contributed by atoms with Gasteiger partial charge in [0.1, 0.15) is 0 Å². The molecule has 1 heteroatoms. The van der Waals surface area contributed by atoms with Crippen molar-refractivity contribution in [3.8, 4) is 11.3 Å². The van der Waals surface area contributed by atoms with E-state index in [1.165, 1.54) is 16.7 Å². The van der Waals surface area contributed by atoms with Crippen molar-refractivity contribution in [3.63, 3.8) is 0 Å². The van der Waals surface area contributed by atoms with Crippen molar-refractivity contribution in [2.45, 2.75) is 27.2 Å². The van der Waals surface area contributed by atoms with E-state index in [1.807, 2.05) is 13.0 Å². The highest BCUT2D eigenvalue weighted by Gasteiger charge is 2.02. The van der Waals surface area contributed by atoms with Crippen molar-refractivity contribution in [2.75, 3.05) is 0 Å². The van der Waals surface area contributed by atoms with Crippen molar-refractivity contribution < 1.29 is 0 Å². The van der Waals surface area contributed by atoms with E-state index in [4.69, 9.17) is 0 Å². The Labute approximate surface area is 97.2 Å². The monoisotopic (exact) mass is 211 g/mol. The van der Waals surface area contributed by atoms with Gasteiger partial charge in [0, 0.05) is 11.3 Å². The third kappa shape index (κ3) is 2.13. The highest BCUT2D eigenvalue weighted by Crippen LogP contribution is 2.21. The molecule has 1 nitrogen and oxygen atoms in total. The molecule has 0 fully saturated rings. The van der Waals surface area contributed by atoms with Crippen molar-refractivity contribution in [2.24, 2.45) is 0 Å². The normalized spacial score (nSPS) is 10.4. The largest absolute Gasteiger partial charge is 0.253 e. The van der Waals surface area contributed by atoms with E-state index in [0.717, 1.165) is 17.8 Å². The number of hydrogen-bond acceptors (Lipinski definition) is 1. The Kier molecular flexibility index (Phi) is 3.04. The molecule has 1 aromatic carbocycles. The summed E-state index contributed by atoms with van der Waals surface area (Å²) in [5, 5.41) is 0. The number of benzene rings is 1. The summed E-state index contributed by atoms with van der Waals surface area (Å²) in [7, 11) is 0. The molecule has 0 saturated carbocycles. The lowest BCUT2D eigenvalue weighted by Crippen LogP contribution is -1.90. The van der Waals surface area contributed by atoms with Crippen molar-refractivity contribution >= 4 is 0 Å². The molecule has 16 heavy (non-hydrogen) atoms. The molecule has 1 aromatic heterocycles. The fourth-order valence-electron chi connectivity index (χ4n) is 1.96. The van der Waals surface area contributed by atoms with Crippen LogP contribution in [0.1, 0.15) is 23.7 Å². The van der Waals surface area contributed by atoms with E-state index in [-0.39, 0.29) is 0 Å². The Morgan fingerprint density at radius 2 is 1.88 bits per heavy atom. The van der Waals surface area contributed by atoms with Crippen LogP contribution in [-0.4, -0.2) is 4.98 Å². The van der Waals surface area contributed by atoms with Gasteiger partial charge in [-0.2, -0.15) is 0 Å². The third-order valence-electron chi connectivity index (χ3n) is 2.91. The molecule has 0 N–H and O–H groups in total. The zero-order chi connectivity index (χ0) is 11.5. The number of nitrogens with zero attached hydrogens (tertiary/aromatic N) is 1. The molecule has 1 heterocycles. The van der Waals surface area contributed by atoms with E-state index in [2.05, 4.69) is 49.2 Å². The van der Waals surface area contributed by atoms with Crippen LogP contribution >= 0.6 is 0 Å². The summed E-state index contributed by atoms with van der Waals surface area (Å²) in [5.74, 6) is 0. The Bertz CT molecular complexity index is 501. The first kappa shape index (κ1) is 10.9. The van der Waals surface area contributed by atoms with Gasteiger partial charge in [0.25, 0.3) is 0 Å². The average molecular weight is 211 g/mol. The summed E-state index contributed by atoms with van der Waals surface area (Å²) in [6.45, 7) is 6.38. The van der Waals surface area contributed by atoms with E-state index in [1.54, 1.807) is 0 Å². The summed E-state index contributed by atoms with van der Waals surface area (Å²) < 4.78 is 0. The number of aromatic nitrogens is 1. The van der Waals surface area contributed by atoms with Crippen LogP contribution in [0.25, 0.3) is 11.3 Å². The van der Waals surface area contributed by atoms with Gasteiger partial charge in [0.05, 0.1) is 5.69 Å². The summed E-state index contributed by atoms with van der Waals surface area (Å²) in [5.41, 5.74) is 6.10. The minimum Gasteiger partial charge on any atom is -0.253 e. The van der Waals surface area contributed by atoms with Gasteiger partial charge >= 0.3 is 0 Å². The van der Waals surface area contributed by atoms with Gasteiger partial charge in [-0.1, -0.05) is 25.1 Å². The van der Waals surface area contributed by atoms with Crippen LogP contribution in [0.15, 0.2) is 36.4 Å². The molecule has 0 radical (unpaired) electrons. The summed E-state index contributed by atoms with van der Waals surface area (Å²) in [4.78, 5) is 4.54. The predicted molar refractivity (Wildman–Crippen MR) is 68.5 cm³/mol. The van der Waals surface area contributed by atoms with E-state index in [9.17, 15) is 0 Å². The van der Waals surface area contributed by atoms with Crippen LogP contribution in [0.5, 0.6) is 0 Å². The Balaban J connectivity index is 2.45. The lowest BCUT2D eigenvalue weighted by Gasteiger charge is -2.07. The number of pyridine rings is 1. The standard InChI is InChI=1S/C15H17N/c1-4-13-8-9-14(10-11(13)2)15-7-5-6-12(3)16-15/h5-10H,4H2,1-3H3. The van der Waals surface area contributed by atoms with Gasteiger partial charge in [0.15, 0.2) is 0 Å². The van der Waals surface area contributed by atoms with Crippen LogP contribution in [0, 0.1) is 13.8 Å². The van der Waals surface area contributed by atoms with Crippen molar-refractivity contribution in [1.29, 1.82) is 0 Å². The fraction of sp³-hybridized carbons (Fsp3) is 0.267. The molecule has 0 aliphatic carbocycles. The van der Waals surface area contributed by atoms with Crippen LogP contribution < -0.4 is 0 Å². The molecular formula is C15H17N. The molecule has 0 aliphatic heterocycles. The molecule has 0 atom stereocenters. The van der Waals surface area contributed by atoms with Crippen LogP contribution in [0.3, 0.4) is 0 Å². The first-order chi connectivity index (χ1) is 7.70. The average Bonchev–Trinajstić information content (AvgIpc) is 2.29. The zero-order valence-electron chi connectivity index (χ0n) is 10.1. The first-order valence-corrected chi connectivity index (χ1v) is 5.74. The van der Waals surface area contributed by atoms with Crippen molar-refractivity contribution in [3.05, 3.63) is 53.2 Å². The highest BCUT2D eigenvalue weighted by atomic mass is 14.7. The second-order valence-corrected chi connectivity index (χ2v) is 4.16. The Morgan fingerprint density at radius 1 is 1.06 bits per heavy atom. The van der Waals surface area contributed by atoms with Crippen molar-refractivity contribution in [1.82, 2.24) is 4.98 Å².